The summed E-state index contributed by atoms with van der Waals surface area (Å²) in [6.45, 7) is 2.72. The van der Waals surface area contributed by atoms with Crippen LogP contribution in [0.5, 0.6) is 0 Å². The van der Waals surface area contributed by atoms with Gasteiger partial charge in [0.1, 0.15) is 29.9 Å². The summed E-state index contributed by atoms with van der Waals surface area (Å²) in [4.78, 5) is 48.2. The summed E-state index contributed by atoms with van der Waals surface area (Å²) >= 11 is 0. The molecule has 0 aromatic carbocycles. The van der Waals surface area contributed by atoms with E-state index in [0.29, 0.717) is 53.2 Å². The van der Waals surface area contributed by atoms with Crippen molar-refractivity contribution in [3.05, 3.63) is 126 Å². The van der Waals surface area contributed by atoms with Crippen LogP contribution >= 0.6 is 0 Å². The predicted molar refractivity (Wildman–Crippen MR) is 182 cm³/mol. The zero-order valence-corrected chi connectivity index (χ0v) is 27.5. The topological polar surface area (TPSA) is 158 Å². The lowest BCUT2D eigenvalue weighted by Crippen LogP contribution is -2.31. The van der Waals surface area contributed by atoms with Gasteiger partial charge in [-0.3, -0.25) is 23.4 Å². The minimum Gasteiger partial charge on any atom is -0.469 e. The number of carbonyl (C=O) groups excluding carboxylic acids is 2. The molecule has 2 amide bonds. The van der Waals surface area contributed by atoms with Crippen molar-refractivity contribution in [2.24, 2.45) is 5.92 Å². The van der Waals surface area contributed by atoms with E-state index in [1.807, 2.05) is 61.8 Å². The fourth-order valence-corrected chi connectivity index (χ4v) is 6.53. The number of amides is 2. The van der Waals surface area contributed by atoms with E-state index in [1.54, 1.807) is 33.9 Å². The number of rotatable bonds is 10. The summed E-state index contributed by atoms with van der Waals surface area (Å²) < 4.78 is 15.2. The Morgan fingerprint density at radius 3 is 2.32 bits per heavy atom. The molecule has 13 heteroatoms. The second-order valence-corrected chi connectivity index (χ2v) is 12.7. The number of pyridine rings is 1. The van der Waals surface area contributed by atoms with Gasteiger partial charge in [0.15, 0.2) is 22.7 Å². The molecule has 252 valence electrons. The Morgan fingerprint density at radius 1 is 0.820 bits per heavy atom. The Hall–Kier alpha value is -6.11. The molecular formula is C37H35N9O4. The minimum atomic E-state index is -0.317. The largest absolute Gasteiger partial charge is 0.469 e. The Morgan fingerprint density at radius 2 is 1.58 bits per heavy atom. The van der Waals surface area contributed by atoms with Gasteiger partial charge in [0.05, 0.1) is 24.2 Å². The van der Waals surface area contributed by atoms with Crippen LogP contribution in [0.2, 0.25) is 0 Å². The first kappa shape index (κ1) is 31.2. The number of aromatic nitrogens is 7. The molecule has 50 heavy (non-hydrogen) atoms. The number of nitrogens with one attached hydrogen (secondary N) is 2. The van der Waals surface area contributed by atoms with Gasteiger partial charge in [0.2, 0.25) is 0 Å². The Balaban J connectivity index is 0.862. The van der Waals surface area contributed by atoms with Crippen molar-refractivity contribution in [3.63, 3.8) is 0 Å². The third-order valence-corrected chi connectivity index (χ3v) is 9.30. The van der Waals surface area contributed by atoms with Crippen molar-refractivity contribution in [1.29, 1.82) is 0 Å². The second kappa shape index (κ2) is 13.4. The molecule has 0 aliphatic heterocycles. The fourth-order valence-electron chi connectivity index (χ4n) is 6.53. The highest BCUT2D eigenvalue weighted by molar-refractivity contribution is 5.98. The Labute approximate surface area is 286 Å². The van der Waals surface area contributed by atoms with Crippen LogP contribution in [0.4, 0.5) is 0 Å². The molecule has 13 nitrogen and oxygen atoms in total. The van der Waals surface area contributed by atoms with Gasteiger partial charge < -0.3 is 19.5 Å². The quantitative estimate of drug-likeness (QED) is 0.190. The predicted octanol–water partition coefficient (Wildman–Crippen LogP) is 5.55. The van der Waals surface area contributed by atoms with Gasteiger partial charge in [0, 0.05) is 48.7 Å². The SMILES string of the molecule is Cc1ccn2cnc(C(=O)NCc3ccc(-c4ccc(Cc5ccn6cnc(C(=O)NCC7CCC(c8ccco8)CC7)c6n5)o4)cn3)c2n1. The van der Waals surface area contributed by atoms with E-state index in [2.05, 4.69) is 36.6 Å². The van der Waals surface area contributed by atoms with Crippen molar-refractivity contribution in [2.75, 3.05) is 6.54 Å². The smallest absolute Gasteiger partial charge is 0.274 e. The number of imidazole rings is 2. The van der Waals surface area contributed by atoms with E-state index in [4.69, 9.17) is 13.8 Å². The second-order valence-electron chi connectivity index (χ2n) is 12.7. The fraction of sp³-hybridized carbons (Fsp3) is 0.270. The minimum absolute atomic E-state index is 0.219. The van der Waals surface area contributed by atoms with Crippen LogP contribution in [0.1, 0.15) is 81.2 Å². The van der Waals surface area contributed by atoms with Crippen molar-refractivity contribution >= 4 is 23.1 Å². The lowest BCUT2D eigenvalue weighted by atomic mass is 9.81. The van der Waals surface area contributed by atoms with Crippen LogP contribution in [-0.4, -0.2) is 52.1 Å². The van der Waals surface area contributed by atoms with E-state index in [1.165, 1.54) is 0 Å². The average molecular weight is 670 g/mol. The highest BCUT2D eigenvalue weighted by Crippen LogP contribution is 2.35. The van der Waals surface area contributed by atoms with E-state index >= 15 is 0 Å². The molecule has 0 spiro atoms. The molecule has 0 bridgehead atoms. The van der Waals surface area contributed by atoms with E-state index in [0.717, 1.165) is 54.2 Å². The highest BCUT2D eigenvalue weighted by Gasteiger charge is 2.25. The van der Waals surface area contributed by atoms with Gasteiger partial charge >= 0.3 is 0 Å². The monoisotopic (exact) mass is 669 g/mol. The zero-order valence-electron chi connectivity index (χ0n) is 27.5. The van der Waals surface area contributed by atoms with Crippen LogP contribution in [0.25, 0.3) is 22.6 Å². The van der Waals surface area contributed by atoms with Crippen molar-refractivity contribution in [1.82, 2.24) is 44.4 Å². The van der Waals surface area contributed by atoms with Gasteiger partial charge in [-0.25, -0.2) is 19.9 Å². The molecule has 1 aliphatic rings. The molecule has 0 saturated heterocycles. The van der Waals surface area contributed by atoms with Gasteiger partial charge in [-0.1, -0.05) is 0 Å². The van der Waals surface area contributed by atoms with Gasteiger partial charge in [-0.05, 0) is 87.1 Å². The van der Waals surface area contributed by atoms with Crippen LogP contribution in [0, 0.1) is 12.8 Å². The van der Waals surface area contributed by atoms with E-state index in [9.17, 15) is 9.59 Å². The third-order valence-electron chi connectivity index (χ3n) is 9.30. The molecule has 0 radical (unpaired) electrons. The highest BCUT2D eigenvalue weighted by atomic mass is 16.3. The molecule has 7 aromatic heterocycles. The maximum Gasteiger partial charge on any atom is 0.274 e. The number of aryl methyl sites for hydroxylation is 1. The standard InChI is InChI=1S/C37H35N9O4/c1-23-12-14-45-21-41-32(34(45)43-23)37(48)40-20-28-9-8-26(19-38-28)31-11-10-29(50-31)17-27-13-15-46-22-42-33(35(46)44-27)36(47)39-18-24-4-6-25(7-5-24)30-3-2-16-49-30/h2-3,8-16,19,21-22,24-25H,4-7,17-18,20H2,1H3,(H,39,47)(H,40,48). The molecule has 7 heterocycles. The average Bonchev–Trinajstić information content (AvgIpc) is 3.97. The van der Waals surface area contributed by atoms with Crippen LogP contribution in [0.15, 0.2) is 94.9 Å². The first-order chi connectivity index (χ1) is 24.5. The lowest BCUT2D eigenvalue weighted by Gasteiger charge is -2.27. The molecule has 1 aliphatic carbocycles. The Kier molecular flexibility index (Phi) is 8.37. The number of hydrogen-bond donors (Lipinski definition) is 2. The molecule has 0 unspecified atom stereocenters. The van der Waals surface area contributed by atoms with Crippen molar-refractivity contribution < 1.29 is 18.4 Å². The summed E-state index contributed by atoms with van der Waals surface area (Å²) in [6.07, 6.45) is 15.0. The maximum absolute atomic E-state index is 13.2. The van der Waals surface area contributed by atoms with E-state index in [-0.39, 0.29) is 24.1 Å². The number of hydrogen-bond acceptors (Lipinski definition) is 9. The number of furan rings is 2. The van der Waals surface area contributed by atoms with Crippen LogP contribution in [0.3, 0.4) is 0 Å². The molecule has 1 fully saturated rings. The molecule has 2 N–H and O–H groups in total. The van der Waals surface area contributed by atoms with Crippen LogP contribution in [-0.2, 0) is 13.0 Å². The van der Waals surface area contributed by atoms with Gasteiger partial charge in [-0.2, -0.15) is 0 Å². The van der Waals surface area contributed by atoms with Crippen LogP contribution < -0.4 is 10.6 Å². The number of nitrogens with zero attached hydrogens (tertiary/aromatic N) is 7. The summed E-state index contributed by atoms with van der Waals surface area (Å²) in [7, 11) is 0. The summed E-state index contributed by atoms with van der Waals surface area (Å²) in [5.41, 5.74) is 4.65. The first-order valence-corrected chi connectivity index (χ1v) is 16.7. The molecule has 1 saturated carbocycles. The number of carbonyl (C=O) groups is 2. The lowest BCUT2D eigenvalue weighted by molar-refractivity contribution is 0.0934. The third kappa shape index (κ3) is 6.49. The number of fused-ring (bicyclic) bond motifs is 2. The van der Waals surface area contributed by atoms with Gasteiger partial charge in [0.25, 0.3) is 11.8 Å². The zero-order chi connectivity index (χ0) is 34.0. The summed E-state index contributed by atoms with van der Waals surface area (Å²) in [5, 5.41) is 5.96. The molecule has 7 aromatic rings. The van der Waals surface area contributed by atoms with E-state index < -0.39 is 0 Å². The molecule has 0 atom stereocenters. The van der Waals surface area contributed by atoms with Crippen molar-refractivity contribution in [2.45, 2.75) is 51.5 Å². The maximum atomic E-state index is 13.2. The van der Waals surface area contributed by atoms with Gasteiger partial charge in [-0.15, -0.1) is 0 Å². The molecular weight excluding hydrogens is 634 g/mol. The summed E-state index contributed by atoms with van der Waals surface area (Å²) in [5.74, 6) is 2.80. The first-order valence-electron chi connectivity index (χ1n) is 16.7. The normalized spacial score (nSPS) is 16.2. The van der Waals surface area contributed by atoms with Crippen molar-refractivity contribution in [3.8, 4) is 11.3 Å². The summed E-state index contributed by atoms with van der Waals surface area (Å²) in [6, 6.07) is 15.3. The molecule has 8 rings (SSSR count). The Bertz CT molecular complexity index is 2280.